The maximum atomic E-state index is 5.90. The maximum absolute atomic E-state index is 5.90. The molecular formula is C6H18LiOSi2+. The van der Waals surface area contributed by atoms with E-state index < -0.39 is 16.6 Å². The van der Waals surface area contributed by atoms with Crippen LogP contribution in [0.1, 0.15) is 0 Å². The van der Waals surface area contributed by atoms with Gasteiger partial charge in [0.2, 0.25) is 0 Å². The zero-order valence-electron chi connectivity index (χ0n) is 8.41. The van der Waals surface area contributed by atoms with Crippen LogP contribution in [0.15, 0.2) is 0 Å². The zero-order chi connectivity index (χ0) is 7.71. The van der Waals surface area contributed by atoms with Gasteiger partial charge >= 0.3 is 18.9 Å². The summed E-state index contributed by atoms with van der Waals surface area (Å²) < 4.78 is 5.90. The second-order valence-corrected chi connectivity index (χ2v) is 13.6. The Hall–Kier alpha value is 0.991. The average molecular weight is 169 g/mol. The van der Waals surface area contributed by atoms with Gasteiger partial charge in [0.1, 0.15) is 0 Å². The van der Waals surface area contributed by atoms with Crippen molar-refractivity contribution in [3.63, 3.8) is 0 Å². The zero-order valence-corrected chi connectivity index (χ0v) is 10.4. The van der Waals surface area contributed by atoms with Crippen molar-refractivity contribution in [2.24, 2.45) is 0 Å². The Balaban J connectivity index is 0. The van der Waals surface area contributed by atoms with E-state index in [4.69, 9.17) is 4.12 Å². The van der Waals surface area contributed by atoms with Crippen molar-refractivity contribution >= 4 is 16.6 Å². The van der Waals surface area contributed by atoms with E-state index in [1.54, 1.807) is 0 Å². The maximum Gasteiger partial charge on any atom is 1.00 e. The predicted molar refractivity (Wildman–Crippen MR) is 47.8 cm³/mol. The molecule has 0 heterocycles. The summed E-state index contributed by atoms with van der Waals surface area (Å²) in [6.07, 6.45) is 0. The molecule has 0 saturated carbocycles. The van der Waals surface area contributed by atoms with Gasteiger partial charge in [-0.05, 0) is 39.3 Å². The molecule has 0 atom stereocenters. The van der Waals surface area contributed by atoms with Crippen LogP contribution < -0.4 is 18.9 Å². The fourth-order valence-corrected chi connectivity index (χ4v) is 8.27. The van der Waals surface area contributed by atoms with Gasteiger partial charge in [0.25, 0.3) is 0 Å². The van der Waals surface area contributed by atoms with E-state index in [1.807, 2.05) is 0 Å². The summed E-state index contributed by atoms with van der Waals surface area (Å²) in [7, 11) is -2.46. The molecule has 0 aliphatic heterocycles. The van der Waals surface area contributed by atoms with Gasteiger partial charge in [0.05, 0.1) is 0 Å². The molecule has 10 heavy (non-hydrogen) atoms. The molecule has 0 fully saturated rings. The van der Waals surface area contributed by atoms with E-state index in [-0.39, 0.29) is 18.9 Å². The van der Waals surface area contributed by atoms with Crippen molar-refractivity contribution in [3.8, 4) is 0 Å². The molecule has 0 bridgehead atoms. The second kappa shape index (κ2) is 4.13. The van der Waals surface area contributed by atoms with Gasteiger partial charge in [-0.2, -0.15) is 0 Å². The summed E-state index contributed by atoms with van der Waals surface area (Å²) >= 11 is 0. The monoisotopic (exact) mass is 169 g/mol. The first-order chi connectivity index (χ1) is 3.71. The number of rotatable bonds is 2. The minimum Gasteiger partial charge on any atom is -0.456 e. The van der Waals surface area contributed by atoms with Crippen molar-refractivity contribution in [2.75, 3.05) is 0 Å². The molecule has 0 radical (unpaired) electrons. The Morgan fingerprint density at radius 3 is 0.900 bits per heavy atom. The van der Waals surface area contributed by atoms with Gasteiger partial charge < -0.3 is 4.12 Å². The first kappa shape index (κ1) is 13.6. The summed E-state index contributed by atoms with van der Waals surface area (Å²) in [6.45, 7) is 13.4. The van der Waals surface area contributed by atoms with Crippen LogP contribution in [0.3, 0.4) is 0 Å². The summed E-state index contributed by atoms with van der Waals surface area (Å²) in [5.41, 5.74) is 0. The first-order valence-corrected chi connectivity index (χ1v) is 10.2. The van der Waals surface area contributed by atoms with E-state index in [0.717, 1.165) is 0 Å². The second-order valence-electron chi connectivity index (χ2n) is 4.33. The van der Waals surface area contributed by atoms with Crippen LogP contribution in [0.4, 0.5) is 0 Å². The van der Waals surface area contributed by atoms with E-state index in [1.165, 1.54) is 0 Å². The fraction of sp³-hybridized carbons (Fsp3) is 1.00. The Morgan fingerprint density at radius 1 is 0.700 bits per heavy atom. The largest absolute Gasteiger partial charge is 1.00 e. The molecule has 0 saturated heterocycles. The topological polar surface area (TPSA) is 9.23 Å². The van der Waals surface area contributed by atoms with Crippen LogP contribution in [0.2, 0.25) is 39.3 Å². The van der Waals surface area contributed by atoms with Gasteiger partial charge in [-0.15, -0.1) is 0 Å². The standard InChI is InChI=1S/C6H18OSi2.Li/c1-8(2,3)7-9(4,5)6;/h1-6H3;/q;+1. The molecule has 0 aliphatic carbocycles. The fourth-order valence-electron chi connectivity index (χ4n) is 0.919. The van der Waals surface area contributed by atoms with Crippen molar-refractivity contribution in [2.45, 2.75) is 39.3 Å². The SMILES string of the molecule is C[Si](C)(C)O[Si](C)(C)C.[Li+]. The molecule has 0 N–H and O–H groups in total. The smallest absolute Gasteiger partial charge is 0.456 e. The Bertz CT molecular complexity index is 80.9. The Labute approximate surface area is 79.0 Å². The normalized spacial score (nSPS) is 12.6. The molecule has 4 heteroatoms. The van der Waals surface area contributed by atoms with Crippen molar-refractivity contribution in [1.82, 2.24) is 0 Å². The molecule has 0 aromatic heterocycles. The molecule has 1 nitrogen and oxygen atoms in total. The van der Waals surface area contributed by atoms with Crippen LogP contribution in [0, 0.1) is 0 Å². The number of hydrogen-bond acceptors (Lipinski definition) is 1. The Kier molecular flexibility index (Phi) is 5.60. The third-order valence-electron chi connectivity index (χ3n) is 0.612. The first-order valence-electron chi connectivity index (χ1n) is 3.41. The third-order valence-corrected chi connectivity index (χ3v) is 5.51. The van der Waals surface area contributed by atoms with Crippen LogP contribution in [0.25, 0.3) is 0 Å². The molecule has 0 aliphatic rings. The molecule has 56 valence electrons. The molecule has 0 rings (SSSR count). The van der Waals surface area contributed by atoms with Crippen molar-refractivity contribution in [1.29, 1.82) is 0 Å². The van der Waals surface area contributed by atoms with Crippen LogP contribution in [0.5, 0.6) is 0 Å². The van der Waals surface area contributed by atoms with Gasteiger partial charge in [0.15, 0.2) is 16.6 Å². The summed E-state index contributed by atoms with van der Waals surface area (Å²) in [5.74, 6) is 0. The molecule has 0 aromatic rings. The Morgan fingerprint density at radius 2 is 0.900 bits per heavy atom. The molecule has 0 aromatic carbocycles. The minimum absolute atomic E-state index is 0. The predicted octanol–water partition coefficient (Wildman–Crippen LogP) is -0.323. The molecule has 0 spiro atoms. The van der Waals surface area contributed by atoms with E-state index in [2.05, 4.69) is 39.3 Å². The van der Waals surface area contributed by atoms with Crippen LogP contribution in [-0.4, -0.2) is 16.6 Å². The molecular weight excluding hydrogens is 151 g/mol. The van der Waals surface area contributed by atoms with Gasteiger partial charge in [-0.3, -0.25) is 0 Å². The molecule has 0 unspecified atom stereocenters. The van der Waals surface area contributed by atoms with E-state index in [9.17, 15) is 0 Å². The van der Waals surface area contributed by atoms with E-state index in [0.29, 0.717) is 0 Å². The van der Waals surface area contributed by atoms with Crippen molar-refractivity contribution in [3.05, 3.63) is 0 Å². The van der Waals surface area contributed by atoms with Gasteiger partial charge in [-0.25, -0.2) is 0 Å². The van der Waals surface area contributed by atoms with Crippen molar-refractivity contribution < 1.29 is 23.0 Å². The van der Waals surface area contributed by atoms with Gasteiger partial charge in [-0.1, -0.05) is 0 Å². The third kappa shape index (κ3) is 11.7. The molecule has 0 amide bonds. The quantitative estimate of drug-likeness (QED) is 0.515. The summed E-state index contributed by atoms with van der Waals surface area (Å²) in [4.78, 5) is 0. The summed E-state index contributed by atoms with van der Waals surface area (Å²) in [6, 6.07) is 0. The minimum atomic E-state index is -1.23. The van der Waals surface area contributed by atoms with Crippen LogP contribution >= 0.6 is 0 Å². The summed E-state index contributed by atoms with van der Waals surface area (Å²) in [5, 5.41) is 0. The average Bonchev–Trinajstić information content (AvgIpc) is 1.14. The van der Waals surface area contributed by atoms with E-state index >= 15 is 0 Å². The van der Waals surface area contributed by atoms with Crippen LogP contribution in [-0.2, 0) is 4.12 Å². The number of hydrogen-bond donors (Lipinski definition) is 0. The van der Waals surface area contributed by atoms with Gasteiger partial charge in [0, 0.05) is 0 Å².